The summed E-state index contributed by atoms with van der Waals surface area (Å²) in [5.74, 6) is -1.43. The molecule has 4 rings (SSSR count). The molecule has 0 heterocycles. The SMILES string of the molecule is C[C@H](NC(=O)C[C@@H]1CCCC[C@@H]1NC(=O)OCC1c2ccccc2-c2ccccc21)C(=O)O. The minimum absolute atomic E-state index is 0.00594. The fraction of sp³-hybridized carbons (Fsp3) is 0.423. The highest BCUT2D eigenvalue weighted by Crippen LogP contribution is 2.44. The number of hydrogen-bond acceptors (Lipinski definition) is 4. The fourth-order valence-corrected chi connectivity index (χ4v) is 5.03. The van der Waals surface area contributed by atoms with Gasteiger partial charge in [0.2, 0.25) is 5.91 Å². The van der Waals surface area contributed by atoms with Crippen LogP contribution in [0.25, 0.3) is 11.1 Å². The Labute approximate surface area is 193 Å². The molecule has 1 fully saturated rings. The Bertz CT molecular complexity index is 991. The minimum Gasteiger partial charge on any atom is -0.480 e. The Morgan fingerprint density at radius 1 is 1.00 bits per heavy atom. The van der Waals surface area contributed by atoms with Crippen molar-refractivity contribution in [1.29, 1.82) is 0 Å². The number of rotatable bonds is 7. The summed E-state index contributed by atoms with van der Waals surface area (Å²) in [5.41, 5.74) is 4.67. The second-order valence-electron chi connectivity index (χ2n) is 8.95. The zero-order valence-electron chi connectivity index (χ0n) is 18.8. The summed E-state index contributed by atoms with van der Waals surface area (Å²) in [6.07, 6.45) is 3.24. The van der Waals surface area contributed by atoms with Gasteiger partial charge in [-0.05, 0) is 47.9 Å². The largest absolute Gasteiger partial charge is 0.480 e. The third-order valence-electron chi connectivity index (χ3n) is 6.75. The molecule has 3 N–H and O–H groups in total. The fourth-order valence-electron chi connectivity index (χ4n) is 5.03. The first-order valence-electron chi connectivity index (χ1n) is 11.6. The number of alkyl carbamates (subject to hydrolysis) is 1. The molecule has 3 atom stereocenters. The molecule has 2 aliphatic carbocycles. The summed E-state index contributed by atoms with van der Waals surface area (Å²) >= 11 is 0. The summed E-state index contributed by atoms with van der Waals surface area (Å²) in [7, 11) is 0. The monoisotopic (exact) mass is 450 g/mol. The number of carbonyl (C=O) groups excluding carboxylic acids is 2. The molecule has 0 radical (unpaired) electrons. The van der Waals surface area contributed by atoms with Crippen molar-refractivity contribution >= 4 is 18.0 Å². The van der Waals surface area contributed by atoms with E-state index in [0.717, 1.165) is 36.8 Å². The van der Waals surface area contributed by atoms with Crippen LogP contribution in [0.3, 0.4) is 0 Å². The lowest BCUT2D eigenvalue weighted by Gasteiger charge is -2.31. The standard InChI is InChI=1S/C26H30N2O5/c1-16(25(30)31)27-24(29)14-17-8-2-7-13-23(17)28-26(32)33-15-22-20-11-5-3-9-18(20)19-10-4-6-12-21(19)22/h3-6,9-12,16-17,22-23H,2,7-8,13-15H2,1H3,(H,27,29)(H,28,32)(H,30,31)/t16-,17-,23-/m0/s1. The quantitative estimate of drug-likeness (QED) is 0.590. The van der Waals surface area contributed by atoms with Crippen LogP contribution < -0.4 is 10.6 Å². The number of benzene rings is 2. The first-order valence-corrected chi connectivity index (χ1v) is 11.6. The lowest BCUT2D eigenvalue weighted by Crippen LogP contribution is -2.45. The normalized spacial score (nSPS) is 20.3. The zero-order valence-corrected chi connectivity index (χ0v) is 18.8. The van der Waals surface area contributed by atoms with Crippen LogP contribution in [-0.4, -0.2) is 41.8 Å². The van der Waals surface area contributed by atoms with Crippen LogP contribution in [0.4, 0.5) is 4.79 Å². The van der Waals surface area contributed by atoms with Gasteiger partial charge in [-0.25, -0.2) is 4.79 Å². The predicted octanol–water partition coefficient (Wildman–Crippen LogP) is 4.06. The number of carboxylic acids is 1. The van der Waals surface area contributed by atoms with Gasteiger partial charge in [0.15, 0.2) is 0 Å². The van der Waals surface area contributed by atoms with Gasteiger partial charge in [0.1, 0.15) is 12.6 Å². The van der Waals surface area contributed by atoms with Crippen LogP contribution in [0, 0.1) is 5.92 Å². The Morgan fingerprint density at radius 3 is 2.24 bits per heavy atom. The first kappa shape index (κ1) is 22.8. The number of carboxylic acid groups (broad SMARTS) is 1. The van der Waals surface area contributed by atoms with E-state index >= 15 is 0 Å². The molecule has 2 aromatic rings. The molecule has 33 heavy (non-hydrogen) atoms. The number of nitrogens with one attached hydrogen (secondary N) is 2. The van der Waals surface area contributed by atoms with E-state index in [1.807, 2.05) is 24.3 Å². The van der Waals surface area contributed by atoms with Gasteiger partial charge in [-0.1, -0.05) is 61.4 Å². The van der Waals surface area contributed by atoms with Gasteiger partial charge in [0.05, 0.1) is 0 Å². The third kappa shape index (κ3) is 5.18. The minimum atomic E-state index is -1.07. The van der Waals surface area contributed by atoms with E-state index in [2.05, 4.69) is 34.9 Å². The smallest absolute Gasteiger partial charge is 0.407 e. The van der Waals surface area contributed by atoms with Gasteiger partial charge in [0, 0.05) is 18.4 Å². The molecular formula is C26H30N2O5. The number of hydrogen-bond donors (Lipinski definition) is 3. The third-order valence-corrected chi connectivity index (χ3v) is 6.75. The Balaban J connectivity index is 1.35. The molecule has 174 valence electrons. The molecule has 2 amide bonds. The van der Waals surface area contributed by atoms with E-state index in [0.29, 0.717) is 0 Å². The van der Waals surface area contributed by atoms with E-state index in [4.69, 9.17) is 9.84 Å². The van der Waals surface area contributed by atoms with Gasteiger partial charge in [0.25, 0.3) is 0 Å². The highest BCUT2D eigenvalue weighted by Gasteiger charge is 2.32. The topological polar surface area (TPSA) is 105 Å². The number of aliphatic carboxylic acids is 1. The summed E-state index contributed by atoms with van der Waals surface area (Å²) in [5, 5.41) is 14.5. The molecule has 2 aliphatic rings. The highest BCUT2D eigenvalue weighted by molar-refractivity contribution is 5.83. The molecule has 7 nitrogen and oxygen atoms in total. The average molecular weight is 451 g/mol. The van der Waals surface area contributed by atoms with E-state index < -0.39 is 18.1 Å². The molecule has 0 spiro atoms. The molecule has 0 aliphatic heterocycles. The highest BCUT2D eigenvalue weighted by atomic mass is 16.5. The van der Waals surface area contributed by atoms with Crippen molar-refractivity contribution in [3.05, 3.63) is 59.7 Å². The second kappa shape index (κ2) is 10.1. The summed E-state index contributed by atoms with van der Waals surface area (Å²) in [6, 6.07) is 15.3. The van der Waals surface area contributed by atoms with Gasteiger partial charge in [-0.2, -0.15) is 0 Å². The number of ether oxygens (including phenoxy) is 1. The maximum absolute atomic E-state index is 12.7. The molecule has 1 saturated carbocycles. The van der Waals surface area contributed by atoms with Gasteiger partial charge < -0.3 is 20.5 Å². The van der Waals surface area contributed by atoms with Crippen LogP contribution in [-0.2, 0) is 14.3 Å². The Morgan fingerprint density at radius 2 is 1.61 bits per heavy atom. The number of amides is 2. The molecular weight excluding hydrogens is 420 g/mol. The van der Waals surface area contributed by atoms with Gasteiger partial charge in [-0.15, -0.1) is 0 Å². The van der Waals surface area contributed by atoms with Crippen LogP contribution in [0.2, 0.25) is 0 Å². The average Bonchev–Trinajstić information content (AvgIpc) is 3.12. The molecule has 0 saturated heterocycles. The lowest BCUT2D eigenvalue weighted by molar-refractivity contribution is -0.141. The Kier molecular flexibility index (Phi) is 6.96. The van der Waals surface area contributed by atoms with E-state index in [1.165, 1.54) is 18.1 Å². The van der Waals surface area contributed by atoms with Crippen LogP contribution >= 0.6 is 0 Å². The van der Waals surface area contributed by atoms with Crippen LogP contribution in [0.15, 0.2) is 48.5 Å². The summed E-state index contributed by atoms with van der Waals surface area (Å²) in [4.78, 5) is 35.9. The molecule has 0 aromatic heterocycles. The Hall–Kier alpha value is -3.35. The van der Waals surface area contributed by atoms with Crippen molar-refractivity contribution in [2.24, 2.45) is 5.92 Å². The molecule has 0 bridgehead atoms. The van der Waals surface area contributed by atoms with Crippen LogP contribution in [0.5, 0.6) is 0 Å². The molecule has 7 heteroatoms. The maximum atomic E-state index is 12.7. The molecule has 2 aromatic carbocycles. The van der Waals surface area contributed by atoms with E-state index in [-0.39, 0.29) is 36.8 Å². The zero-order chi connectivity index (χ0) is 23.4. The van der Waals surface area contributed by atoms with E-state index in [1.54, 1.807) is 0 Å². The first-order chi connectivity index (χ1) is 15.9. The van der Waals surface area contributed by atoms with Crippen molar-refractivity contribution in [1.82, 2.24) is 10.6 Å². The van der Waals surface area contributed by atoms with Crippen LogP contribution in [0.1, 0.15) is 56.1 Å². The van der Waals surface area contributed by atoms with Crippen molar-refractivity contribution in [2.45, 2.75) is 57.0 Å². The van der Waals surface area contributed by atoms with Crippen molar-refractivity contribution < 1.29 is 24.2 Å². The van der Waals surface area contributed by atoms with Gasteiger partial charge in [-0.3, -0.25) is 9.59 Å². The second-order valence-corrected chi connectivity index (χ2v) is 8.95. The van der Waals surface area contributed by atoms with Crippen molar-refractivity contribution in [3.63, 3.8) is 0 Å². The van der Waals surface area contributed by atoms with Gasteiger partial charge >= 0.3 is 12.1 Å². The number of fused-ring (bicyclic) bond motifs is 3. The maximum Gasteiger partial charge on any atom is 0.407 e. The van der Waals surface area contributed by atoms with Crippen molar-refractivity contribution in [2.75, 3.05) is 6.61 Å². The molecule has 0 unspecified atom stereocenters. The van der Waals surface area contributed by atoms with E-state index in [9.17, 15) is 14.4 Å². The lowest BCUT2D eigenvalue weighted by atomic mass is 9.82. The number of carbonyl (C=O) groups is 3. The summed E-state index contributed by atoms with van der Waals surface area (Å²) in [6.45, 7) is 1.68. The predicted molar refractivity (Wildman–Crippen MR) is 124 cm³/mol. The summed E-state index contributed by atoms with van der Waals surface area (Å²) < 4.78 is 5.66. The van der Waals surface area contributed by atoms with Crippen molar-refractivity contribution in [3.8, 4) is 11.1 Å².